The molecule has 6 N–H and O–H groups in total. The van der Waals surface area contributed by atoms with Gasteiger partial charge in [-0.2, -0.15) is 4.99 Å². The van der Waals surface area contributed by atoms with E-state index in [1.165, 1.54) is 0 Å². The number of nitrogens with two attached hydrogens (primary N) is 3. The summed E-state index contributed by atoms with van der Waals surface area (Å²) < 4.78 is 0. The van der Waals surface area contributed by atoms with Crippen LogP contribution in [0.5, 0.6) is 0 Å². The molecule has 0 bridgehead atoms. The van der Waals surface area contributed by atoms with E-state index in [1.54, 1.807) is 23.1 Å². The fourth-order valence-electron chi connectivity index (χ4n) is 1.92. The summed E-state index contributed by atoms with van der Waals surface area (Å²) in [5.41, 5.74) is 17.9. The average molecular weight is 267 g/mol. The van der Waals surface area contributed by atoms with E-state index in [1.807, 2.05) is 13.8 Å². The Hall–Kier alpha value is -1.95. The van der Waals surface area contributed by atoms with Crippen molar-refractivity contribution in [1.29, 1.82) is 0 Å². The number of benzene rings is 1. The zero-order valence-corrected chi connectivity index (χ0v) is 10.9. The number of rotatable bonds is 1. The second-order valence-electron chi connectivity index (χ2n) is 4.48. The van der Waals surface area contributed by atoms with Crippen LogP contribution in [0, 0.1) is 0 Å². The summed E-state index contributed by atoms with van der Waals surface area (Å²) in [5, 5.41) is 0.520. The zero-order chi connectivity index (χ0) is 13.5. The number of halogens is 1. The molecule has 0 atom stereocenters. The predicted octanol–water partition coefficient (Wildman–Crippen LogP) is 1.11. The highest BCUT2D eigenvalue weighted by molar-refractivity contribution is 6.34. The minimum atomic E-state index is -0.673. The van der Waals surface area contributed by atoms with Crippen molar-refractivity contribution in [3.8, 4) is 0 Å². The lowest BCUT2D eigenvalue weighted by Gasteiger charge is -2.38. The molecule has 0 spiro atoms. The maximum Gasteiger partial charge on any atom is 0.220 e. The number of aliphatic imine (C=N–C) groups is 2. The second-order valence-corrected chi connectivity index (χ2v) is 4.89. The topological polar surface area (TPSA) is 106 Å². The van der Waals surface area contributed by atoms with Crippen molar-refractivity contribution in [2.75, 3.05) is 10.6 Å². The summed E-state index contributed by atoms with van der Waals surface area (Å²) in [6, 6.07) is 5.15. The molecule has 1 heterocycles. The van der Waals surface area contributed by atoms with Gasteiger partial charge in [0.15, 0.2) is 0 Å². The van der Waals surface area contributed by atoms with Crippen molar-refractivity contribution >= 4 is 34.9 Å². The third-order valence-electron chi connectivity index (χ3n) is 2.60. The first-order chi connectivity index (χ1) is 8.31. The average Bonchev–Trinajstić information content (AvgIpc) is 2.20. The lowest BCUT2D eigenvalue weighted by Crippen LogP contribution is -2.54. The van der Waals surface area contributed by atoms with Gasteiger partial charge in [0.1, 0.15) is 5.66 Å². The summed E-state index contributed by atoms with van der Waals surface area (Å²) >= 11 is 6.17. The van der Waals surface area contributed by atoms with E-state index in [0.29, 0.717) is 16.4 Å². The minimum Gasteiger partial charge on any atom is -0.399 e. The van der Waals surface area contributed by atoms with Crippen LogP contribution in [0.15, 0.2) is 28.2 Å². The minimum absolute atomic E-state index is 0.147. The molecule has 7 heteroatoms. The first-order valence-corrected chi connectivity index (χ1v) is 5.74. The molecule has 1 aliphatic rings. The molecule has 0 fully saturated rings. The van der Waals surface area contributed by atoms with Crippen LogP contribution in [0.25, 0.3) is 0 Å². The molecule has 18 heavy (non-hydrogen) atoms. The van der Waals surface area contributed by atoms with Crippen LogP contribution in [0.4, 0.5) is 11.4 Å². The molecule has 96 valence electrons. The SMILES string of the molecule is CC1(C)N=C(N)N=C(N)N1c1cc(N)ccc1Cl. The fourth-order valence-corrected chi connectivity index (χ4v) is 2.12. The van der Waals surface area contributed by atoms with E-state index < -0.39 is 5.66 Å². The number of anilines is 2. The molecule has 0 aromatic heterocycles. The molecule has 1 aromatic rings. The zero-order valence-electron chi connectivity index (χ0n) is 10.2. The summed E-state index contributed by atoms with van der Waals surface area (Å²) in [6.45, 7) is 3.72. The van der Waals surface area contributed by atoms with Crippen LogP contribution >= 0.6 is 11.6 Å². The van der Waals surface area contributed by atoms with Gasteiger partial charge in [0.2, 0.25) is 11.9 Å². The quantitative estimate of drug-likeness (QED) is 0.662. The number of nitrogens with zero attached hydrogens (tertiary/aromatic N) is 3. The molecule has 0 radical (unpaired) electrons. The fraction of sp³-hybridized carbons (Fsp3) is 0.273. The molecule has 0 amide bonds. The third kappa shape index (κ3) is 2.06. The van der Waals surface area contributed by atoms with Crippen LogP contribution in [0.2, 0.25) is 5.02 Å². The largest absolute Gasteiger partial charge is 0.399 e. The predicted molar refractivity (Wildman–Crippen MR) is 75.7 cm³/mol. The summed E-state index contributed by atoms with van der Waals surface area (Å²) in [5.74, 6) is 0.383. The van der Waals surface area contributed by atoms with Gasteiger partial charge in [-0.25, -0.2) is 4.99 Å². The van der Waals surface area contributed by atoms with Crippen molar-refractivity contribution in [2.45, 2.75) is 19.5 Å². The van der Waals surface area contributed by atoms with Crippen LogP contribution in [0.1, 0.15) is 13.8 Å². The standard InChI is InChI=1S/C11H15ClN6/c1-11(2)17-9(14)16-10(15)18(11)8-5-6(13)3-4-7(8)12/h3-5H,13H2,1-2H3,(H4,14,15,16,17). The van der Waals surface area contributed by atoms with E-state index in [0.717, 1.165) is 0 Å². The molecule has 0 saturated carbocycles. The Morgan fingerprint density at radius 1 is 1.22 bits per heavy atom. The summed E-state index contributed by atoms with van der Waals surface area (Å²) in [6.07, 6.45) is 0. The van der Waals surface area contributed by atoms with E-state index in [4.69, 9.17) is 28.8 Å². The third-order valence-corrected chi connectivity index (χ3v) is 2.92. The molecule has 0 unspecified atom stereocenters. The highest BCUT2D eigenvalue weighted by Gasteiger charge is 2.34. The molecule has 0 saturated heterocycles. The highest BCUT2D eigenvalue weighted by Crippen LogP contribution is 2.34. The first-order valence-electron chi connectivity index (χ1n) is 5.36. The van der Waals surface area contributed by atoms with Crippen molar-refractivity contribution < 1.29 is 0 Å². The van der Waals surface area contributed by atoms with E-state index in [9.17, 15) is 0 Å². The van der Waals surface area contributed by atoms with Gasteiger partial charge in [-0.3, -0.25) is 4.90 Å². The Morgan fingerprint density at radius 2 is 1.89 bits per heavy atom. The Bertz CT molecular complexity index is 548. The summed E-state index contributed by atoms with van der Waals surface area (Å²) in [7, 11) is 0. The summed E-state index contributed by atoms with van der Waals surface area (Å²) in [4.78, 5) is 9.90. The molecule has 0 aliphatic carbocycles. The molecular weight excluding hydrogens is 252 g/mol. The van der Waals surface area contributed by atoms with Crippen molar-refractivity contribution in [2.24, 2.45) is 21.5 Å². The molecular formula is C11H15ClN6. The van der Waals surface area contributed by atoms with Crippen LogP contribution < -0.4 is 22.1 Å². The molecule has 1 aliphatic heterocycles. The maximum atomic E-state index is 6.17. The van der Waals surface area contributed by atoms with Gasteiger partial charge in [0.05, 0.1) is 10.7 Å². The van der Waals surface area contributed by atoms with Crippen LogP contribution in [0.3, 0.4) is 0 Å². The van der Waals surface area contributed by atoms with Crippen molar-refractivity contribution in [1.82, 2.24) is 0 Å². The van der Waals surface area contributed by atoms with Crippen molar-refractivity contribution in [3.05, 3.63) is 23.2 Å². The van der Waals surface area contributed by atoms with Crippen molar-refractivity contribution in [3.63, 3.8) is 0 Å². The lowest BCUT2D eigenvalue weighted by atomic mass is 10.1. The normalized spacial score (nSPS) is 18.3. The Kier molecular flexibility index (Phi) is 2.82. The smallest absolute Gasteiger partial charge is 0.220 e. The van der Waals surface area contributed by atoms with Gasteiger partial charge >= 0.3 is 0 Å². The Morgan fingerprint density at radius 3 is 2.50 bits per heavy atom. The van der Waals surface area contributed by atoms with E-state index in [-0.39, 0.29) is 11.9 Å². The van der Waals surface area contributed by atoms with Gasteiger partial charge in [-0.1, -0.05) is 11.6 Å². The lowest BCUT2D eigenvalue weighted by molar-refractivity contribution is 0.534. The van der Waals surface area contributed by atoms with Crippen LogP contribution in [-0.4, -0.2) is 17.6 Å². The highest BCUT2D eigenvalue weighted by atomic mass is 35.5. The Balaban J connectivity index is 2.57. The number of hydrogen-bond acceptors (Lipinski definition) is 6. The number of nitrogen functional groups attached to an aromatic ring is 1. The van der Waals surface area contributed by atoms with E-state index in [2.05, 4.69) is 9.98 Å². The first kappa shape index (κ1) is 12.5. The number of guanidine groups is 2. The molecule has 6 nitrogen and oxygen atoms in total. The van der Waals surface area contributed by atoms with Gasteiger partial charge in [0, 0.05) is 5.69 Å². The van der Waals surface area contributed by atoms with Gasteiger partial charge in [-0.15, -0.1) is 0 Å². The molecule has 1 aromatic carbocycles. The maximum absolute atomic E-state index is 6.17. The van der Waals surface area contributed by atoms with Gasteiger partial charge in [0.25, 0.3) is 0 Å². The monoisotopic (exact) mass is 266 g/mol. The van der Waals surface area contributed by atoms with Gasteiger partial charge < -0.3 is 17.2 Å². The Labute approximate surface area is 110 Å². The van der Waals surface area contributed by atoms with Gasteiger partial charge in [-0.05, 0) is 32.0 Å². The second kappa shape index (κ2) is 4.06. The van der Waals surface area contributed by atoms with Crippen LogP contribution in [-0.2, 0) is 0 Å². The van der Waals surface area contributed by atoms with E-state index >= 15 is 0 Å². The molecule has 2 rings (SSSR count). The number of hydrogen-bond donors (Lipinski definition) is 3.